The van der Waals surface area contributed by atoms with Gasteiger partial charge in [0.2, 0.25) is 0 Å². The summed E-state index contributed by atoms with van der Waals surface area (Å²) in [6, 6.07) is 10.2. The van der Waals surface area contributed by atoms with Gasteiger partial charge in [0, 0.05) is 10.6 Å². The first-order valence-electron chi connectivity index (χ1n) is 6.25. The number of rotatable bonds is 5. The fraction of sp³-hybridized carbons (Fsp3) is 0. The molecule has 0 radical (unpaired) electrons. The van der Waals surface area contributed by atoms with Gasteiger partial charge in [-0.2, -0.15) is 5.10 Å². The number of carboxylic acids is 2. The lowest BCUT2D eigenvalue weighted by Crippen LogP contribution is -2.19. The highest BCUT2D eigenvalue weighted by Gasteiger charge is 2.20. The lowest BCUT2D eigenvalue weighted by molar-refractivity contribution is -0.129. The molecule has 0 unspecified atom stereocenters. The molecule has 0 aliphatic carbocycles. The predicted molar refractivity (Wildman–Crippen MR) is 87.7 cm³/mol. The van der Waals surface area contributed by atoms with Crippen molar-refractivity contribution in [3.05, 3.63) is 63.6 Å². The number of benzene rings is 2. The zero-order valence-electron chi connectivity index (χ0n) is 11.5. The van der Waals surface area contributed by atoms with E-state index in [1.807, 2.05) is 0 Å². The monoisotopic (exact) mass is 352 g/mol. The summed E-state index contributed by atoms with van der Waals surface area (Å²) in [5.74, 6) is -2.63. The molecule has 3 N–H and O–H groups in total. The number of aromatic carboxylic acids is 1. The van der Waals surface area contributed by atoms with Crippen molar-refractivity contribution in [2.24, 2.45) is 5.10 Å². The summed E-state index contributed by atoms with van der Waals surface area (Å²) in [4.78, 5) is 22.6. The number of carbonyl (C=O) groups is 2. The van der Waals surface area contributed by atoms with Gasteiger partial charge in [-0.1, -0.05) is 41.4 Å². The zero-order chi connectivity index (χ0) is 17.0. The quantitative estimate of drug-likeness (QED) is 0.564. The predicted octanol–water partition coefficient (Wildman–Crippen LogP) is 3.59. The first kappa shape index (κ1) is 16.8. The Morgan fingerprint density at radius 1 is 1.00 bits per heavy atom. The highest BCUT2D eigenvalue weighted by molar-refractivity contribution is 6.44. The van der Waals surface area contributed by atoms with E-state index in [1.165, 1.54) is 36.4 Å². The van der Waals surface area contributed by atoms with Crippen LogP contribution in [0.5, 0.6) is 0 Å². The summed E-state index contributed by atoms with van der Waals surface area (Å²) in [6.45, 7) is 0. The molecule has 8 heteroatoms. The Balaban J connectivity index is 2.43. The number of anilines is 1. The van der Waals surface area contributed by atoms with E-state index < -0.39 is 17.7 Å². The molecule has 0 fully saturated rings. The molecule has 2 aromatic rings. The van der Waals surface area contributed by atoms with Crippen molar-refractivity contribution < 1.29 is 19.8 Å². The molecule has 0 aliphatic rings. The summed E-state index contributed by atoms with van der Waals surface area (Å²) >= 11 is 11.7. The Labute approximate surface area is 141 Å². The van der Waals surface area contributed by atoms with Crippen LogP contribution in [-0.2, 0) is 4.79 Å². The third kappa shape index (κ3) is 4.00. The summed E-state index contributed by atoms with van der Waals surface area (Å²) in [7, 11) is 0. The molecule has 0 aliphatic heterocycles. The van der Waals surface area contributed by atoms with Gasteiger partial charge in [-0.25, -0.2) is 9.59 Å². The van der Waals surface area contributed by atoms with Crippen LogP contribution in [0, 0.1) is 0 Å². The number of hydrazone groups is 1. The number of nitrogens with one attached hydrogen (secondary N) is 1. The standard InChI is InChI=1S/C15H10Cl2N2O4/c16-8-5-6-12(11(17)7-8)18-19-13(15(22)23)9-3-1-2-4-10(9)14(20)21/h1-7,18H,(H,20,21)(H,22,23). The Bertz CT molecular complexity index is 806. The summed E-state index contributed by atoms with van der Waals surface area (Å²) < 4.78 is 0. The zero-order valence-corrected chi connectivity index (χ0v) is 13.0. The van der Waals surface area contributed by atoms with Crippen molar-refractivity contribution in [1.29, 1.82) is 0 Å². The number of halogens is 2. The van der Waals surface area contributed by atoms with Crippen LogP contribution in [0.25, 0.3) is 0 Å². The highest BCUT2D eigenvalue weighted by atomic mass is 35.5. The summed E-state index contributed by atoms with van der Waals surface area (Å²) in [6.07, 6.45) is 0. The summed E-state index contributed by atoms with van der Waals surface area (Å²) in [5.41, 5.74) is 2.20. The van der Waals surface area contributed by atoms with Crippen LogP contribution in [0.2, 0.25) is 10.0 Å². The highest BCUT2D eigenvalue weighted by Crippen LogP contribution is 2.25. The molecule has 0 saturated heterocycles. The van der Waals surface area contributed by atoms with Crippen molar-refractivity contribution in [1.82, 2.24) is 0 Å². The van der Waals surface area contributed by atoms with Gasteiger partial charge in [-0.05, 0) is 24.3 Å². The van der Waals surface area contributed by atoms with Crippen LogP contribution in [0.1, 0.15) is 15.9 Å². The maximum atomic E-state index is 11.4. The van der Waals surface area contributed by atoms with Gasteiger partial charge in [-0.3, -0.25) is 5.43 Å². The van der Waals surface area contributed by atoms with Gasteiger partial charge in [-0.15, -0.1) is 0 Å². The molecule has 118 valence electrons. The third-order valence-electron chi connectivity index (χ3n) is 2.83. The second-order valence-corrected chi connectivity index (χ2v) is 5.20. The van der Waals surface area contributed by atoms with Gasteiger partial charge in [0.05, 0.1) is 16.3 Å². The number of aliphatic carboxylic acids is 1. The average molecular weight is 353 g/mol. The summed E-state index contributed by atoms with van der Waals surface area (Å²) in [5, 5.41) is 22.9. The fourth-order valence-electron chi connectivity index (χ4n) is 1.80. The molecule has 0 atom stereocenters. The molecule has 0 spiro atoms. The maximum absolute atomic E-state index is 11.4. The Morgan fingerprint density at radius 3 is 2.22 bits per heavy atom. The van der Waals surface area contributed by atoms with E-state index in [4.69, 9.17) is 28.3 Å². The fourth-order valence-corrected chi connectivity index (χ4v) is 2.25. The molecule has 0 heterocycles. The van der Waals surface area contributed by atoms with E-state index in [0.29, 0.717) is 10.7 Å². The van der Waals surface area contributed by atoms with Crippen molar-refractivity contribution >= 4 is 46.5 Å². The van der Waals surface area contributed by atoms with E-state index >= 15 is 0 Å². The minimum absolute atomic E-state index is 0.0231. The lowest BCUT2D eigenvalue weighted by Gasteiger charge is -2.08. The molecule has 23 heavy (non-hydrogen) atoms. The van der Waals surface area contributed by atoms with E-state index in [0.717, 1.165) is 0 Å². The molecular weight excluding hydrogens is 343 g/mol. The van der Waals surface area contributed by atoms with E-state index in [-0.39, 0.29) is 16.1 Å². The van der Waals surface area contributed by atoms with E-state index in [1.54, 1.807) is 6.07 Å². The molecule has 0 aromatic heterocycles. The van der Waals surface area contributed by atoms with Gasteiger partial charge in [0.15, 0.2) is 5.71 Å². The average Bonchev–Trinajstić information content (AvgIpc) is 2.49. The molecule has 0 saturated carbocycles. The minimum atomic E-state index is -1.38. The first-order valence-corrected chi connectivity index (χ1v) is 7.00. The topological polar surface area (TPSA) is 99.0 Å². The van der Waals surface area contributed by atoms with Crippen LogP contribution in [-0.4, -0.2) is 27.9 Å². The molecule has 2 rings (SSSR count). The van der Waals surface area contributed by atoms with E-state index in [9.17, 15) is 14.7 Å². The number of hydrogen-bond acceptors (Lipinski definition) is 4. The molecule has 2 aromatic carbocycles. The number of hydrogen-bond donors (Lipinski definition) is 3. The van der Waals surface area contributed by atoms with Gasteiger partial charge < -0.3 is 10.2 Å². The Kier molecular flexibility index (Phi) is 5.20. The van der Waals surface area contributed by atoms with Crippen LogP contribution in [0.15, 0.2) is 47.6 Å². The number of nitrogens with zero attached hydrogens (tertiary/aromatic N) is 1. The van der Waals surface area contributed by atoms with Crippen molar-refractivity contribution in [3.8, 4) is 0 Å². The van der Waals surface area contributed by atoms with Crippen LogP contribution >= 0.6 is 23.2 Å². The SMILES string of the molecule is O=C(O)C(=NNc1ccc(Cl)cc1Cl)c1ccccc1C(=O)O. The molecule has 6 nitrogen and oxygen atoms in total. The minimum Gasteiger partial charge on any atom is -0.478 e. The van der Waals surface area contributed by atoms with Crippen LogP contribution in [0.3, 0.4) is 0 Å². The van der Waals surface area contributed by atoms with Crippen molar-refractivity contribution in [3.63, 3.8) is 0 Å². The molecular formula is C15H10Cl2N2O4. The largest absolute Gasteiger partial charge is 0.478 e. The third-order valence-corrected chi connectivity index (χ3v) is 3.38. The normalized spacial score (nSPS) is 11.1. The first-order chi connectivity index (χ1) is 10.9. The van der Waals surface area contributed by atoms with Gasteiger partial charge in [0.1, 0.15) is 0 Å². The van der Waals surface area contributed by atoms with Crippen LogP contribution < -0.4 is 5.43 Å². The smallest absolute Gasteiger partial charge is 0.356 e. The molecule has 0 amide bonds. The van der Waals surface area contributed by atoms with Crippen molar-refractivity contribution in [2.75, 3.05) is 5.43 Å². The van der Waals surface area contributed by atoms with Crippen molar-refractivity contribution in [2.45, 2.75) is 0 Å². The van der Waals surface area contributed by atoms with Gasteiger partial charge in [0.25, 0.3) is 0 Å². The van der Waals surface area contributed by atoms with E-state index in [2.05, 4.69) is 10.5 Å². The maximum Gasteiger partial charge on any atom is 0.356 e. The molecule has 0 bridgehead atoms. The Hall–Kier alpha value is -2.57. The second kappa shape index (κ2) is 7.13. The number of carboxylic acid groups (broad SMARTS) is 2. The second-order valence-electron chi connectivity index (χ2n) is 4.35. The van der Waals surface area contributed by atoms with Crippen LogP contribution in [0.4, 0.5) is 5.69 Å². The lowest BCUT2D eigenvalue weighted by atomic mass is 10.0. The van der Waals surface area contributed by atoms with Gasteiger partial charge >= 0.3 is 11.9 Å². The Morgan fingerprint density at radius 2 is 1.65 bits per heavy atom.